The van der Waals surface area contributed by atoms with Crippen molar-refractivity contribution in [1.29, 1.82) is 0 Å². The number of para-hydroxylation sites is 1. The number of benzene rings is 1. The molecule has 1 aromatic carbocycles. The minimum absolute atomic E-state index is 0.0324. The fourth-order valence-corrected chi connectivity index (χ4v) is 7.80. The summed E-state index contributed by atoms with van der Waals surface area (Å²) in [4.78, 5) is 31.3. The second-order valence-electron chi connectivity index (χ2n) is 9.12. The van der Waals surface area contributed by atoms with Gasteiger partial charge in [0.1, 0.15) is 18.3 Å². The number of hydrogen-bond donors (Lipinski definition) is 7. The standard InChI is InChI=1S/C21H27N7O9P2S/c1-27-10-28(18-15(27)19(31)26-21(22)25-18)20-17(30)16(29)14(36-20)9-35-39(34,40)37-38(32,33)24-7-6-11-8-23-13-5-3-2-4-12(11)13/h2-5,8,10,14,16-17,20,23,29-30H,6-7,9H2,1H3,(H5-,22,24,25,26,31,32,33,34,40)/t14-,16-,17-,20-,39?/m1/s1. The molecular formula is C21H27N7O9P2S. The lowest BCUT2D eigenvalue weighted by Crippen LogP contribution is -2.46. The van der Waals surface area contributed by atoms with Gasteiger partial charge in [-0.25, -0.2) is 23.5 Å². The van der Waals surface area contributed by atoms with Crippen LogP contribution in [0.4, 0.5) is 5.95 Å². The van der Waals surface area contributed by atoms with Gasteiger partial charge < -0.3 is 45.1 Å². The summed E-state index contributed by atoms with van der Waals surface area (Å²) in [5.41, 5.74) is 7.59. The van der Waals surface area contributed by atoms with Crippen molar-refractivity contribution in [2.24, 2.45) is 7.05 Å². The third-order valence-electron chi connectivity index (χ3n) is 6.35. The Bertz CT molecular complexity index is 1650. The van der Waals surface area contributed by atoms with Gasteiger partial charge in [-0.2, -0.15) is 0 Å². The first-order valence-electron chi connectivity index (χ1n) is 11.9. The summed E-state index contributed by atoms with van der Waals surface area (Å²) in [6, 6.07) is 7.59. The smallest absolute Gasteiger partial charge is 0.410 e. The molecule has 5 rings (SSSR count). The molecule has 0 saturated carbocycles. The summed E-state index contributed by atoms with van der Waals surface area (Å²) in [6.07, 6.45) is -1.92. The molecule has 0 spiro atoms. The number of nitrogens with two attached hydrogens (primary N) is 1. The highest BCUT2D eigenvalue weighted by molar-refractivity contribution is 8.08. The highest BCUT2D eigenvalue weighted by atomic mass is 32.5. The molecule has 2 unspecified atom stereocenters. The maximum atomic E-state index is 12.5. The van der Waals surface area contributed by atoms with Crippen LogP contribution in [0, 0.1) is 0 Å². The largest absolute Gasteiger partial charge is 0.856 e. The van der Waals surface area contributed by atoms with Gasteiger partial charge in [0.05, 0.1) is 13.7 Å². The lowest BCUT2D eigenvalue weighted by Gasteiger charge is -2.22. The zero-order valence-electron chi connectivity index (χ0n) is 20.9. The van der Waals surface area contributed by atoms with E-state index in [9.17, 15) is 29.7 Å². The SMILES string of the molecule is Cn1c[n+]([C@@H]2O[C@H](COP(O)(=S)OP(=O)(O)NCCc3c[nH]c4ccccc34)[C@@H](O)[C@H]2O)c2nc(N)nc([O-])c21. The Kier molecular flexibility index (Phi) is 8.00. The number of anilines is 1. The average Bonchev–Trinajstić information content (AvgIpc) is 3.51. The van der Waals surface area contributed by atoms with E-state index in [0.717, 1.165) is 16.5 Å². The second-order valence-corrected chi connectivity index (χ2v) is 13.7. The molecule has 0 bridgehead atoms. The zero-order chi connectivity index (χ0) is 28.8. The molecule has 3 aromatic heterocycles. The molecule has 0 radical (unpaired) electrons. The van der Waals surface area contributed by atoms with E-state index in [1.807, 2.05) is 24.3 Å². The Balaban J connectivity index is 1.19. The van der Waals surface area contributed by atoms with Crippen molar-refractivity contribution in [3.63, 3.8) is 0 Å². The number of aliphatic hydroxyl groups excluding tert-OH is 2. The number of imidazole rings is 1. The number of nitrogens with zero attached hydrogens (tertiary/aromatic N) is 4. The van der Waals surface area contributed by atoms with Gasteiger partial charge in [0.15, 0.2) is 11.8 Å². The van der Waals surface area contributed by atoms with Crippen molar-refractivity contribution in [2.75, 3.05) is 18.9 Å². The summed E-state index contributed by atoms with van der Waals surface area (Å²) >= 11 is 4.88. The van der Waals surface area contributed by atoms with Gasteiger partial charge in [-0.3, -0.25) is 4.57 Å². The summed E-state index contributed by atoms with van der Waals surface area (Å²) in [7, 11) is -3.03. The van der Waals surface area contributed by atoms with Gasteiger partial charge in [0, 0.05) is 29.5 Å². The quantitative estimate of drug-likeness (QED) is 0.0854. The van der Waals surface area contributed by atoms with Gasteiger partial charge in [-0.1, -0.05) is 23.2 Å². The third-order valence-corrected chi connectivity index (χ3v) is 10.1. The van der Waals surface area contributed by atoms with Crippen molar-refractivity contribution in [3.8, 4) is 5.88 Å². The van der Waals surface area contributed by atoms with Crippen LogP contribution < -0.4 is 20.5 Å². The summed E-state index contributed by atoms with van der Waals surface area (Å²) in [6.45, 7) is -4.86. The number of hydrogen-bond acceptors (Lipinski definition) is 11. The molecular weight excluding hydrogens is 588 g/mol. The number of nitrogens with one attached hydrogen (secondary N) is 2. The molecule has 216 valence electrons. The number of aromatic nitrogens is 5. The molecule has 4 heterocycles. The van der Waals surface area contributed by atoms with Crippen molar-refractivity contribution in [2.45, 2.75) is 31.0 Å². The molecule has 1 fully saturated rings. The van der Waals surface area contributed by atoms with Crippen molar-refractivity contribution >= 4 is 54.3 Å². The molecule has 1 aliphatic heterocycles. The summed E-state index contributed by atoms with van der Waals surface area (Å²) in [5, 5.41) is 36.7. The molecule has 16 nitrogen and oxygen atoms in total. The Hall–Kier alpha value is -2.53. The van der Waals surface area contributed by atoms with Crippen LogP contribution in [-0.4, -0.2) is 71.0 Å². The van der Waals surface area contributed by atoms with Crippen LogP contribution in [0.1, 0.15) is 11.8 Å². The van der Waals surface area contributed by atoms with E-state index in [2.05, 4.69) is 20.0 Å². The lowest BCUT2D eigenvalue weighted by atomic mass is 10.1. The molecule has 1 aliphatic rings. The van der Waals surface area contributed by atoms with Crippen molar-refractivity contribution < 1.29 is 47.8 Å². The van der Waals surface area contributed by atoms with Crippen molar-refractivity contribution in [1.82, 2.24) is 24.6 Å². The summed E-state index contributed by atoms with van der Waals surface area (Å²) in [5.74, 6) is -0.926. The third kappa shape index (κ3) is 5.91. The normalized spacial score (nSPS) is 24.4. The van der Waals surface area contributed by atoms with E-state index in [1.165, 1.54) is 15.5 Å². The Morgan fingerprint density at radius 3 is 2.83 bits per heavy atom. The van der Waals surface area contributed by atoms with Crippen molar-refractivity contribution in [3.05, 3.63) is 42.4 Å². The van der Waals surface area contributed by atoms with E-state index in [1.54, 1.807) is 13.2 Å². The van der Waals surface area contributed by atoms with Crippen LogP contribution >= 0.6 is 14.5 Å². The van der Waals surface area contributed by atoms with E-state index in [0.29, 0.717) is 6.42 Å². The monoisotopic (exact) mass is 615 g/mol. The predicted octanol–water partition coefficient (Wildman–Crippen LogP) is -0.805. The molecule has 4 aromatic rings. The first kappa shape index (κ1) is 29.0. The highest BCUT2D eigenvalue weighted by Gasteiger charge is 2.47. The van der Waals surface area contributed by atoms with Crippen LogP contribution in [0.15, 0.2) is 36.8 Å². The molecule has 19 heteroatoms. The van der Waals surface area contributed by atoms with Gasteiger partial charge >= 0.3 is 20.1 Å². The van der Waals surface area contributed by atoms with Gasteiger partial charge in [-0.05, 0) is 29.9 Å². The first-order valence-corrected chi connectivity index (χ1v) is 16.1. The fraction of sp³-hybridized carbons (Fsp3) is 0.381. The topological polar surface area (TPSA) is 237 Å². The maximum absolute atomic E-state index is 12.5. The Morgan fingerprint density at radius 1 is 1.30 bits per heavy atom. The number of aliphatic hydroxyl groups is 2. The predicted molar refractivity (Wildman–Crippen MR) is 142 cm³/mol. The van der Waals surface area contributed by atoms with Crippen LogP contribution in [0.2, 0.25) is 0 Å². The minimum Gasteiger partial charge on any atom is -0.856 e. The first-order chi connectivity index (χ1) is 18.8. The molecule has 8 N–H and O–H groups in total. The second kappa shape index (κ2) is 11.0. The van der Waals surface area contributed by atoms with E-state index >= 15 is 0 Å². The molecule has 0 aliphatic carbocycles. The number of nitrogen functional groups attached to an aromatic ring is 1. The summed E-state index contributed by atoms with van der Waals surface area (Å²) < 4.78 is 30.9. The molecule has 6 atom stereocenters. The van der Waals surface area contributed by atoms with E-state index in [4.69, 9.17) is 31.1 Å². The number of aryl methyl sites for hydroxylation is 1. The average molecular weight is 616 g/mol. The van der Waals surface area contributed by atoms with E-state index < -0.39 is 51.5 Å². The van der Waals surface area contributed by atoms with E-state index in [-0.39, 0.29) is 23.7 Å². The van der Waals surface area contributed by atoms with Crippen LogP contribution in [-0.2, 0) is 43.4 Å². The van der Waals surface area contributed by atoms with Gasteiger partial charge in [-0.15, -0.1) is 0 Å². The van der Waals surface area contributed by atoms with Crippen LogP contribution in [0.25, 0.3) is 22.1 Å². The highest BCUT2D eigenvalue weighted by Crippen LogP contribution is 2.58. The van der Waals surface area contributed by atoms with Gasteiger partial charge in [0.2, 0.25) is 6.23 Å². The number of H-pyrrole nitrogens is 1. The fourth-order valence-electron chi connectivity index (χ4n) is 4.54. The number of ether oxygens (including phenoxy) is 1. The number of fused-ring (bicyclic) bond motifs is 2. The number of aromatic amines is 1. The molecule has 40 heavy (non-hydrogen) atoms. The van der Waals surface area contributed by atoms with Crippen LogP contribution in [0.5, 0.6) is 5.88 Å². The lowest BCUT2D eigenvalue weighted by molar-refractivity contribution is -0.745. The minimum atomic E-state index is -4.58. The zero-order valence-corrected chi connectivity index (χ0v) is 23.5. The van der Waals surface area contributed by atoms with Gasteiger partial charge in [0.25, 0.3) is 5.95 Å². The maximum Gasteiger partial charge on any atom is 0.410 e. The molecule has 0 amide bonds. The van der Waals surface area contributed by atoms with Crippen LogP contribution in [0.3, 0.4) is 0 Å². The Morgan fingerprint density at radius 2 is 2.05 bits per heavy atom. The molecule has 1 saturated heterocycles. The number of rotatable bonds is 10. The Labute approximate surface area is 231 Å².